The third-order valence-corrected chi connectivity index (χ3v) is 15.6. The molecule has 2 aliphatic carbocycles. The van der Waals surface area contributed by atoms with Crippen LogP contribution in [0.4, 0.5) is 17.1 Å². The van der Waals surface area contributed by atoms with Gasteiger partial charge in [0.1, 0.15) is 22.3 Å². The fourth-order valence-corrected chi connectivity index (χ4v) is 12.8. The molecule has 330 valence electrons. The molecule has 0 aliphatic heterocycles. The van der Waals surface area contributed by atoms with E-state index < -0.39 is 5.41 Å². The van der Waals surface area contributed by atoms with E-state index in [2.05, 4.69) is 246 Å². The lowest BCUT2D eigenvalue weighted by molar-refractivity contribution is 0.669. The second-order valence-corrected chi connectivity index (χ2v) is 19.1. The summed E-state index contributed by atoms with van der Waals surface area (Å²) in [6, 6.07) is 88.5. The summed E-state index contributed by atoms with van der Waals surface area (Å²) in [5.41, 5.74) is 22.1. The van der Waals surface area contributed by atoms with Crippen molar-refractivity contribution in [3.63, 3.8) is 0 Å². The molecule has 14 aromatic rings. The van der Waals surface area contributed by atoms with Crippen molar-refractivity contribution in [3.8, 4) is 39.1 Å². The van der Waals surface area contributed by atoms with Crippen LogP contribution in [0.25, 0.3) is 105 Å². The van der Waals surface area contributed by atoms with Crippen LogP contribution in [0.1, 0.15) is 22.3 Å². The molecule has 0 N–H and O–H groups in total. The van der Waals surface area contributed by atoms with Crippen molar-refractivity contribution < 1.29 is 8.83 Å². The lowest BCUT2D eigenvalue weighted by Gasteiger charge is -2.32. The average molecular weight is 905 g/mol. The van der Waals surface area contributed by atoms with Crippen molar-refractivity contribution in [2.24, 2.45) is 0 Å². The third kappa shape index (κ3) is 5.18. The van der Waals surface area contributed by atoms with Gasteiger partial charge in [-0.25, -0.2) is 0 Å². The van der Waals surface area contributed by atoms with E-state index in [1.807, 2.05) is 6.07 Å². The molecular weight excluding hydrogens is 865 g/mol. The molecule has 1 spiro atoms. The van der Waals surface area contributed by atoms with Gasteiger partial charge in [0.15, 0.2) is 0 Å². The number of anilines is 3. The van der Waals surface area contributed by atoms with Crippen LogP contribution in [0.15, 0.2) is 251 Å². The zero-order valence-corrected chi connectivity index (χ0v) is 38.3. The van der Waals surface area contributed by atoms with Crippen LogP contribution >= 0.6 is 0 Å². The number of rotatable bonds is 5. The predicted octanol–water partition coefficient (Wildman–Crippen LogP) is 18.1. The largest absolute Gasteiger partial charge is 0.456 e. The number of nitrogens with zero attached hydrogens (tertiary/aromatic N) is 2. The van der Waals surface area contributed by atoms with Crippen molar-refractivity contribution in [1.29, 1.82) is 0 Å². The summed E-state index contributed by atoms with van der Waals surface area (Å²) in [4.78, 5) is 2.46. The molecule has 0 bridgehead atoms. The molecule has 3 heterocycles. The van der Waals surface area contributed by atoms with Gasteiger partial charge in [-0.2, -0.15) is 0 Å². The molecular formula is C67H40N2O2. The topological polar surface area (TPSA) is 34.5 Å². The maximum absolute atomic E-state index is 6.85. The predicted molar refractivity (Wildman–Crippen MR) is 292 cm³/mol. The second-order valence-electron chi connectivity index (χ2n) is 19.1. The van der Waals surface area contributed by atoms with Crippen LogP contribution in [-0.2, 0) is 5.41 Å². The number of hydrogen-bond donors (Lipinski definition) is 0. The van der Waals surface area contributed by atoms with Gasteiger partial charge in [-0.05, 0) is 141 Å². The van der Waals surface area contributed by atoms with Crippen LogP contribution in [0, 0.1) is 0 Å². The molecule has 0 fully saturated rings. The second kappa shape index (κ2) is 14.3. The maximum atomic E-state index is 6.85. The summed E-state index contributed by atoms with van der Waals surface area (Å²) in [6.45, 7) is 0. The molecule has 0 amide bonds. The molecule has 0 saturated heterocycles. The zero-order valence-electron chi connectivity index (χ0n) is 38.3. The maximum Gasteiger partial charge on any atom is 0.137 e. The Kier molecular flexibility index (Phi) is 7.79. The van der Waals surface area contributed by atoms with Crippen LogP contribution in [-0.4, -0.2) is 4.57 Å². The number of furan rings is 2. The Bertz CT molecular complexity index is 4490. The first kappa shape index (κ1) is 38.6. The Balaban J connectivity index is 0.953. The SMILES string of the molecule is c1ccc(-n2c3ccccc3c3cc(-c4ccc5oc6cccc(N(c7ccc8c(c7)C7(c9ccccc9-c9ccccc97)c7ccccc7-8)c7cccc8oc9ccccc9c78)c6c5c4)ccc32)cc1. The lowest BCUT2D eigenvalue weighted by atomic mass is 9.70. The molecule has 2 aliphatic rings. The molecule has 0 radical (unpaired) electrons. The molecule has 4 nitrogen and oxygen atoms in total. The van der Waals surface area contributed by atoms with Gasteiger partial charge in [-0.1, -0.05) is 158 Å². The molecule has 16 rings (SSSR count). The van der Waals surface area contributed by atoms with E-state index in [9.17, 15) is 0 Å². The van der Waals surface area contributed by atoms with Crippen LogP contribution < -0.4 is 4.90 Å². The van der Waals surface area contributed by atoms with Crippen LogP contribution in [0.5, 0.6) is 0 Å². The standard InChI is InChI=1S/C67H40N2O2/c1-2-16-43(17-3-1)68-57-26-12-7-21-49(57)51-38-41(32-36-58(51)68)42-33-37-62-52(39-42)66-60(28-15-31-64(66)71-62)69(59-27-14-30-63-65(59)50-22-8-13-29-61(50)70-63)44-34-35-48-47-20-6-11-25-55(47)67(56(48)40-44)53-23-9-4-18-45(53)46-19-5-10-24-54(46)67/h1-40H. The van der Waals surface area contributed by atoms with Gasteiger partial charge in [-0.3, -0.25) is 0 Å². The molecule has 4 heteroatoms. The fraction of sp³-hybridized carbons (Fsp3) is 0.0149. The summed E-state index contributed by atoms with van der Waals surface area (Å²) < 4.78 is 15.9. The monoisotopic (exact) mass is 904 g/mol. The van der Waals surface area contributed by atoms with Crippen molar-refractivity contribution in [2.75, 3.05) is 4.90 Å². The van der Waals surface area contributed by atoms with E-state index in [1.54, 1.807) is 0 Å². The highest BCUT2D eigenvalue weighted by atomic mass is 16.3. The quantitative estimate of drug-likeness (QED) is 0.173. The molecule has 0 atom stereocenters. The summed E-state index contributed by atoms with van der Waals surface area (Å²) >= 11 is 0. The number of aromatic nitrogens is 1. The van der Waals surface area contributed by atoms with Gasteiger partial charge < -0.3 is 18.3 Å². The van der Waals surface area contributed by atoms with E-state index in [1.165, 1.54) is 66.3 Å². The Morgan fingerprint density at radius 2 is 0.831 bits per heavy atom. The van der Waals surface area contributed by atoms with E-state index in [0.29, 0.717) is 0 Å². The summed E-state index contributed by atoms with van der Waals surface area (Å²) in [5.74, 6) is 0. The van der Waals surface area contributed by atoms with Crippen molar-refractivity contribution in [1.82, 2.24) is 4.57 Å². The highest BCUT2D eigenvalue weighted by Crippen LogP contribution is 2.63. The van der Waals surface area contributed by atoms with E-state index in [-0.39, 0.29) is 0 Å². The Hall–Kier alpha value is -9.38. The molecule has 71 heavy (non-hydrogen) atoms. The third-order valence-electron chi connectivity index (χ3n) is 15.6. The minimum atomic E-state index is -0.507. The van der Waals surface area contributed by atoms with Gasteiger partial charge in [0, 0.05) is 32.9 Å². The minimum Gasteiger partial charge on any atom is -0.456 e. The average Bonchev–Trinajstić information content (AvgIpc) is 4.23. The van der Waals surface area contributed by atoms with Gasteiger partial charge in [0.2, 0.25) is 0 Å². The van der Waals surface area contributed by atoms with Crippen LogP contribution in [0.3, 0.4) is 0 Å². The lowest BCUT2D eigenvalue weighted by Crippen LogP contribution is -2.26. The Morgan fingerprint density at radius 3 is 1.52 bits per heavy atom. The number of hydrogen-bond acceptors (Lipinski definition) is 3. The van der Waals surface area contributed by atoms with E-state index >= 15 is 0 Å². The molecule has 11 aromatic carbocycles. The first-order chi connectivity index (χ1) is 35.2. The summed E-state index contributed by atoms with van der Waals surface area (Å²) in [6.07, 6.45) is 0. The van der Waals surface area contributed by atoms with Crippen LogP contribution in [0.2, 0.25) is 0 Å². The molecule has 0 unspecified atom stereocenters. The first-order valence-corrected chi connectivity index (χ1v) is 24.4. The zero-order chi connectivity index (χ0) is 46.4. The van der Waals surface area contributed by atoms with Crippen molar-refractivity contribution >= 4 is 82.7 Å². The normalized spacial score (nSPS) is 13.2. The minimum absolute atomic E-state index is 0.507. The number of benzene rings is 11. The number of fused-ring (bicyclic) bond motifs is 19. The Morgan fingerprint density at radius 1 is 0.324 bits per heavy atom. The van der Waals surface area contributed by atoms with Gasteiger partial charge in [0.25, 0.3) is 0 Å². The van der Waals surface area contributed by atoms with E-state index in [0.717, 1.165) is 77.8 Å². The van der Waals surface area contributed by atoms with Crippen molar-refractivity contribution in [2.45, 2.75) is 5.41 Å². The Labute approximate surface area is 408 Å². The smallest absolute Gasteiger partial charge is 0.137 e. The fourth-order valence-electron chi connectivity index (χ4n) is 12.8. The summed E-state index contributed by atoms with van der Waals surface area (Å²) in [5, 5.41) is 6.68. The summed E-state index contributed by atoms with van der Waals surface area (Å²) in [7, 11) is 0. The van der Waals surface area contributed by atoms with Gasteiger partial charge in [0.05, 0.1) is 38.6 Å². The first-order valence-electron chi connectivity index (χ1n) is 24.4. The van der Waals surface area contributed by atoms with E-state index in [4.69, 9.17) is 8.83 Å². The molecule has 0 saturated carbocycles. The van der Waals surface area contributed by atoms with Gasteiger partial charge >= 0.3 is 0 Å². The highest BCUT2D eigenvalue weighted by Gasteiger charge is 2.51. The molecule has 3 aromatic heterocycles. The van der Waals surface area contributed by atoms with Crippen molar-refractivity contribution in [3.05, 3.63) is 265 Å². The highest BCUT2D eigenvalue weighted by molar-refractivity contribution is 6.19. The van der Waals surface area contributed by atoms with Gasteiger partial charge in [-0.15, -0.1) is 0 Å². The number of para-hydroxylation sites is 3.